The van der Waals surface area contributed by atoms with Crippen molar-refractivity contribution in [2.45, 2.75) is 52.0 Å². The van der Waals surface area contributed by atoms with E-state index in [0.717, 1.165) is 11.0 Å². The maximum atomic E-state index is 11.9. The number of unbranched alkanes of at least 4 members (excludes halogenated alkanes) is 3. The van der Waals surface area contributed by atoms with Crippen molar-refractivity contribution in [1.82, 2.24) is 10.3 Å². The molecular formula is C14H21BrN2O. The summed E-state index contributed by atoms with van der Waals surface area (Å²) in [4.78, 5) is 15.9. The van der Waals surface area contributed by atoms with E-state index in [1.807, 2.05) is 0 Å². The van der Waals surface area contributed by atoms with Crippen LogP contribution in [0.5, 0.6) is 0 Å². The number of halogens is 1. The first-order chi connectivity index (χ1) is 8.63. The van der Waals surface area contributed by atoms with Crippen LogP contribution in [-0.4, -0.2) is 16.9 Å². The number of nitrogens with zero attached hydrogens (tertiary/aromatic N) is 1. The lowest BCUT2D eigenvalue weighted by Crippen LogP contribution is -2.32. The molecule has 0 aromatic carbocycles. The summed E-state index contributed by atoms with van der Waals surface area (Å²) in [6.07, 6.45) is 7.56. The van der Waals surface area contributed by atoms with Gasteiger partial charge in [0.05, 0.1) is 5.56 Å². The van der Waals surface area contributed by atoms with Crippen LogP contribution in [0.3, 0.4) is 0 Å². The zero-order valence-electron chi connectivity index (χ0n) is 11.1. The summed E-state index contributed by atoms with van der Waals surface area (Å²) < 4.78 is 0.742. The Kier molecular flexibility index (Phi) is 6.94. The van der Waals surface area contributed by atoms with Gasteiger partial charge in [0.1, 0.15) is 4.60 Å². The van der Waals surface area contributed by atoms with E-state index in [1.165, 1.54) is 25.7 Å². The lowest BCUT2D eigenvalue weighted by atomic mass is 10.1. The minimum Gasteiger partial charge on any atom is -0.350 e. The Morgan fingerprint density at radius 1 is 1.39 bits per heavy atom. The molecule has 1 aromatic rings. The van der Waals surface area contributed by atoms with Gasteiger partial charge in [-0.25, -0.2) is 4.98 Å². The second-order valence-corrected chi connectivity index (χ2v) is 5.41. The minimum absolute atomic E-state index is 0.0435. The third-order valence-electron chi connectivity index (χ3n) is 2.86. The van der Waals surface area contributed by atoms with Crippen LogP contribution >= 0.6 is 15.9 Å². The van der Waals surface area contributed by atoms with E-state index in [1.54, 1.807) is 18.3 Å². The van der Waals surface area contributed by atoms with Crippen LogP contribution < -0.4 is 5.32 Å². The van der Waals surface area contributed by atoms with Crippen molar-refractivity contribution < 1.29 is 4.79 Å². The van der Waals surface area contributed by atoms with Crippen molar-refractivity contribution >= 4 is 21.8 Å². The number of carbonyl (C=O) groups is 1. The first kappa shape index (κ1) is 15.2. The lowest BCUT2D eigenvalue weighted by molar-refractivity contribution is 0.0937. The second kappa shape index (κ2) is 8.25. The third kappa shape index (κ3) is 5.63. The number of hydrogen-bond acceptors (Lipinski definition) is 2. The van der Waals surface area contributed by atoms with Crippen LogP contribution in [0.1, 0.15) is 56.3 Å². The van der Waals surface area contributed by atoms with Gasteiger partial charge in [-0.15, -0.1) is 0 Å². The number of aromatic nitrogens is 1. The van der Waals surface area contributed by atoms with E-state index in [2.05, 4.69) is 40.1 Å². The predicted molar refractivity (Wildman–Crippen MR) is 77.6 cm³/mol. The average Bonchev–Trinajstić information content (AvgIpc) is 2.35. The van der Waals surface area contributed by atoms with E-state index in [9.17, 15) is 4.79 Å². The van der Waals surface area contributed by atoms with Crippen molar-refractivity contribution in [2.75, 3.05) is 0 Å². The highest BCUT2D eigenvalue weighted by molar-refractivity contribution is 9.10. The molecule has 0 fully saturated rings. The summed E-state index contributed by atoms with van der Waals surface area (Å²) in [5.41, 5.74) is 0.610. The summed E-state index contributed by atoms with van der Waals surface area (Å²) in [6.45, 7) is 4.25. The average molecular weight is 313 g/mol. The molecule has 3 nitrogen and oxygen atoms in total. The molecule has 0 aliphatic heterocycles. The summed E-state index contributed by atoms with van der Waals surface area (Å²) in [5.74, 6) is -0.0435. The van der Waals surface area contributed by atoms with Crippen LogP contribution in [0.25, 0.3) is 0 Å². The van der Waals surface area contributed by atoms with E-state index >= 15 is 0 Å². The molecule has 1 rings (SSSR count). The molecule has 0 aliphatic rings. The van der Waals surface area contributed by atoms with Gasteiger partial charge in [0.2, 0.25) is 0 Å². The number of amides is 1. The van der Waals surface area contributed by atoms with Crippen molar-refractivity contribution in [1.29, 1.82) is 0 Å². The molecule has 1 unspecified atom stereocenters. The Balaban J connectivity index is 2.33. The van der Waals surface area contributed by atoms with Crippen molar-refractivity contribution in [2.24, 2.45) is 0 Å². The Hall–Kier alpha value is -0.900. The molecule has 0 radical (unpaired) electrons. The predicted octanol–water partition coefficient (Wildman–Crippen LogP) is 3.93. The van der Waals surface area contributed by atoms with E-state index in [0.29, 0.717) is 5.56 Å². The van der Waals surface area contributed by atoms with Crippen molar-refractivity contribution in [3.63, 3.8) is 0 Å². The molecule has 0 saturated carbocycles. The summed E-state index contributed by atoms with van der Waals surface area (Å²) in [6, 6.07) is 3.77. The van der Waals surface area contributed by atoms with Crippen LogP contribution in [0.15, 0.2) is 22.9 Å². The number of hydrogen-bond donors (Lipinski definition) is 1. The SMILES string of the molecule is CCCCCCC(C)NC(=O)c1ccc(Br)nc1. The van der Waals surface area contributed by atoms with Crippen LogP contribution in [0, 0.1) is 0 Å². The van der Waals surface area contributed by atoms with Crippen molar-refractivity contribution in [3.05, 3.63) is 28.5 Å². The highest BCUT2D eigenvalue weighted by atomic mass is 79.9. The first-order valence-electron chi connectivity index (χ1n) is 6.56. The summed E-state index contributed by atoms with van der Waals surface area (Å²) >= 11 is 3.25. The van der Waals surface area contributed by atoms with Crippen LogP contribution in [0.2, 0.25) is 0 Å². The second-order valence-electron chi connectivity index (χ2n) is 4.59. The van der Waals surface area contributed by atoms with Gasteiger partial charge in [-0.05, 0) is 41.4 Å². The van der Waals surface area contributed by atoms with E-state index in [-0.39, 0.29) is 11.9 Å². The molecule has 1 N–H and O–H groups in total. The molecule has 18 heavy (non-hydrogen) atoms. The highest BCUT2D eigenvalue weighted by Crippen LogP contribution is 2.08. The zero-order chi connectivity index (χ0) is 13.4. The molecule has 1 amide bonds. The summed E-state index contributed by atoms with van der Waals surface area (Å²) in [5, 5.41) is 3.00. The highest BCUT2D eigenvalue weighted by Gasteiger charge is 2.09. The van der Waals surface area contributed by atoms with Crippen LogP contribution in [-0.2, 0) is 0 Å². The van der Waals surface area contributed by atoms with Gasteiger partial charge in [0.15, 0.2) is 0 Å². The van der Waals surface area contributed by atoms with Gasteiger partial charge in [0.25, 0.3) is 5.91 Å². The molecular weight excluding hydrogens is 292 g/mol. The third-order valence-corrected chi connectivity index (χ3v) is 3.33. The van der Waals surface area contributed by atoms with Gasteiger partial charge >= 0.3 is 0 Å². The molecule has 100 valence electrons. The fraction of sp³-hybridized carbons (Fsp3) is 0.571. The number of nitrogens with one attached hydrogen (secondary N) is 1. The maximum Gasteiger partial charge on any atom is 0.253 e. The summed E-state index contributed by atoms with van der Waals surface area (Å²) in [7, 11) is 0. The zero-order valence-corrected chi connectivity index (χ0v) is 12.7. The molecule has 0 saturated heterocycles. The fourth-order valence-corrected chi connectivity index (χ4v) is 2.00. The fourth-order valence-electron chi connectivity index (χ4n) is 1.77. The number of carbonyl (C=O) groups excluding carboxylic acids is 1. The normalized spacial score (nSPS) is 12.2. The Morgan fingerprint density at radius 3 is 2.78 bits per heavy atom. The molecule has 1 heterocycles. The standard InChI is InChI=1S/C14H21BrN2O/c1-3-4-5-6-7-11(2)17-14(18)12-8-9-13(15)16-10-12/h8-11H,3-7H2,1-2H3,(H,17,18). The van der Waals surface area contributed by atoms with Crippen LogP contribution in [0.4, 0.5) is 0 Å². The molecule has 0 bridgehead atoms. The van der Waals surface area contributed by atoms with E-state index < -0.39 is 0 Å². The first-order valence-corrected chi connectivity index (χ1v) is 7.35. The smallest absolute Gasteiger partial charge is 0.253 e. The quantitative estimate of drug-likeness (QED) is 0.612. The Morgan fingerprint density at radius 2 is 2.17 bits per heavy atom. The van der Waals surface area contributed by atoms with Gasteiger partial charge in [-0.2, -0.15) is 0 Å². The van der Waals surface area contributed by atoms with Gasteiger partial charge in [-0.1, -0.05) is 32.6 Å². The molecule has 4 heteroatoms. The Labute approximate surface area is 118 Å². The lowest BCUT2D eigenvalue weighted by Gasteiger charge is -2.13. The molecule has 1 aromatic heterocycles. The monoisotopic (exact) mass is 312 g/mol. The van der Waals surface area contributed by atoms with Gasteiger partial charge in [0, 0.05) is 12.2 Å². The van der Waals surface area contributed by atoms with Gasteiger partial charge in [-0.3, -0.25) is 4.79 Å². The topological polar surface area (TPSA) is 42.0 Å². The number of rotatable bonds is 7. The number of pyridine rings is 1. The van der Waals surface area contributed by atoms with E-state index in [4.69, 9.17) is 0 Å². The van der Waals surface area contributed by atoms with Crippen molar-refractivity contribution in [3.8, 4) is 0 Å². The minimum atomic E-state index is -0.0435. The Bertz CT molecular complexity index is 365. The molecule has 0 aliphatic carbocycles. The molecule has 0 spiro atoms. The molecule has 1 atom stereocenters. The van der Waals surface area contributed by atoms with Gasteiger partial charge < -0.3 is 5.32 Å². The maximum absolute atomic E-state index is 11.9. The largest absolute Gasteiger partial charge is 0.350 e.